The fourth-order valence-electron chi connectivity index (χ4n) is 2.70. The molecule has 3 aromatic rings. The molecule has 2 aromatic heterocycles. The topological polar surface area (TPSA) is 75.0 Å². The molecular formula is C17H14ClN3O2. The lowest BCUT2D eigenvalue weighted by molar-refractivity contribution is 0.393. The van der Waals surface area contributed by atoms with Crippen LogP contribution < -0.4 is 0 Å². The Hall–Kier alpha value is -2.71. The maximum absolute atomic E-state index is 9.60. The second-order valence-corrected chi connectivity index (χ2v) is 5.66. The lowest BCUT2D eigenvalue weighted by Gasteiger charge is -2.11. The number of phenolic OH excluding ortho intramolecular Hbond substituents is 1. The lowest BCUT2D eigenvalue weighted by atomic mass is 10.0. The van der Waals surface area contributed by atoms with E-state index in [2.05, 4.69) is 11.2 Å². The number of halogens is 1. The van der Waals surface area contributed by atoms with E-state index >= 15 is 0 Å². The van der Waals surface area contributed by atoms with Gasteiger partial charge in [-0.15, -0.1) is 0 Å². The van der Waals surface area contributed by atoms with Gasteiger partial charge in [0, 0.05) is 11.3 Å². The zero-order valence-corrected chi connectivity index (χ0v) is 13.6. The molecule has 1 N–H and O–H groups in total. The van der Waals surface area contributed by atoms with Crippen molar-refractivity contribution in [2.75, 3.05) is 0 Å². The van der Waals surface area contributed by atoms with E-state index < -0.39 is 0 Å². The van der Waals surface area contributed by atoms with Gasteiger partial charge in [0.1, 0.15) is 22.7 Å². The molecule has 0 aliphatic carbocycles. The van der Waals surface area contributed by atoms with Crippen LogP contribution in [0.15, 0.2) is 28.8 Å². The predicted octanol–water partition coefficient (Wildman–Crippen LogP) is 4.29. The SMILES string of the molecule is Cc1noc(C)c1-c1c(C#N)c(C)c(Cl)n1-c1ccc(O)cc1. The Morgan fingerprint density at radius 1 is 1.22 bits per heavy atom. The molecule has 3 rings (SSSR count). The molecular weight excluding hydrogens is 314 g/mol. The van der Waals surface area contributed by atoms with E-state index in [1.165, 1.54) is 0 Å². The van der Waals surface area contributed by atoms with Crippen LogP contribution in [0.25, 0.3) is 16.9 Å². The molecule has 0 amide bonds. The van der Waals surface area contributed by atoms with Crippen LogP contribution in [0.1, 0.15) is 22.6 Å². The predicted molar refractivity (Wildman–Crippen MR) is 86.9 cm³/mol. The summed E-state index contributed by atoms with van der Waals surface area (Å²) >= 11 is 6.49. The fraction of sp³-hybridized carbons (Fsp3) is 0.176. The molecule has 0 unspecified atom stereocenters. The van der Waals surface area contributed by atoms with Gasteiger partial charge in [-0.25, -0.2) is 0 Å². The van der Waals surface area contributed by atoms with Crippen molar-refractivity contribution in [2.24, 2.45) is 0 Å². The summed E-state index contributed by atoms with van der Waals surface area (Å²) in [7, 11) is 0. The van der Waals surface area contributed by atoms with Gasteiger partial charge in [0.15, 0.2) is 0 Å². The summed E-state index contributed by atoms with van der Waals surface area (Å²) in [6, 6.07) is 8.85. The van der Waals surface area contributed by atoms with Crippen molar-refractivity contribution < 1.29 is 9.63 Å². The standard InChI is InChI=1S/C17H14ClN3O2/c1-9-14(8-19)16(15-10(2)20-23-11(15)3)21(17(9)18)12-4-6-13(22)7-5-12/h4-7,22H,1-3H3. The van der Waals surface area contributed by atoms with Crippen molar-refractivity contribution >= 4 is 11.6 Å². The number of aryl methyl sites for hydroxylation is 2. The molecule has 0 saturated carbocycles. The van der Waals surface area contributed by atoms with Crippen LogP contribution in [0.5, 0.6) is 5.75 Å². The highest BCUT2D eigenvalue weighted by Gasteiger charge is 2.26. The molecule has 0 aliphatic heterocycles. The largest absolute Gasteiger partial charge is 0.508 e. The highest BCUT2D eigenvalue weighted by Crippen LogP contribution is 2.39. The van der Waals surface area contributed by atoms with E-state index in [0.29, 0.717) is 33.4 Å². The van der Waals surface area contributed by atoms with Crippen molar-refractivity contribution in [1.82, 2.24) is 9.72 Å². The number of aromatic nitrogens is 2. The average Bonchev–Trinajstić information content (AvgIpc) is 2.98. The van der Waals surface area contributed by atoms with Crippen LogP contribution in [0.3, 0.4) is 0 Å². The molecule has 0 bridgehead atoms. The van der Waals surface area contributed by atoms with E-state index in [0.717, 1.165) is 11.3 Å². The van der Waals surface area contributed by atoms with Gasteiger partial charge in [-0.2, -0.15) is 5.26 Å². The number of phenols is 1. The molecule has 23 heavy (non-hydrogen) atoms. The first-order chi connectivity index (χ1) is 11.0. The Balaban J connectivity index is 2.41. The van der Waals surface area contributed by atoms with Gasteiger partial charge in [0.2, 0.25) is 0 Å². The van der Waals surface area contributed by atoms with Crippen LogP contribution >= 0.6 is 11.6 Å². The van der Waals surface area contributed by atoms with Crippen molar-refractivity contribution in [1.29, 1.82) is 5.26 Å². The number of hydrogen-bond acceptors (Lipinski definition) is 4. The molecule has 2 heterocycles. The molecule has 5 nitrogen and oxygen atoms in total. The first-order valence-electron chi connectivity index (χ1n) is 6.99. The second kappa shape index (κ2) is 5.49. The average molecular weight is 328 g/mol. The summed E-state index contributed by atoms with van der Waals surface area (Å²) in [5.74, 6) is 0.779. The molecule has 0 aliphatic rings. The lowest BCUT2D eigenvalue weighted by Crippen LogP contribution is -1.99. The zero-order chi connectivity index (χ0) is 16.7. The molecule has 0 fully saturated rings. The highest BCUT2D eigenvalue weighted by molar-refractivity contribution is 6.31. The Morgan fingerprint density at radius 2 is 1.87 bits per heavy atom. The van der Waals surface area contributed by atoms with E-state index in [1.54, 1.807) is 42.7 Å². The number of aromatic hydroxyl groups is 1. The van der Waals surface area contributed by atoms with E-state index in [1.807, 2.05) is 6.92 Å². The summed E-state index contributed by atoms with van der Waals surface area (Å²) in [5, 5.41) is 23.5. The van der Waals surface area contributed by atoms with Gasteiger partial charge in [-0.3, -0.25) is 4.57 Å². The summed E-state index contributed by atoms with van der Waals surface area (Å²) in [5.41, 5.74) is 4.01. The van der Waals surface area contributed by atoms with Crippen LogP contribution in [-0.2, 0) is 0 Å². The monoisotopic (exact) mass is 327 g/mol. The highest BCUT2D eigenvalue weighted by atomic mass is 35.5. The third-order valence-electron chi connectivity index (χ3n) is 3.83. The van der Waals surface area contributed by atoms with E-state index in [4.69, 9.17) is 16.1 Å². The molecule has 0 atom stereocenters. The summed E-state index contributed by atoms with van der Waals surface area (Å²) in [6.45, 7) is 5.43. The van der Waals surface area contributed by atoms with Gasteiger partial charge in [-0.05, 0) is 45.0 Å². The maximum Gasteiger partial charge on any atom is 0.143 e. The number of benzene rings is 1. The molecule has 0 spiro atoms. The van der Waals surface area contributed by atoms with Crippen LogP contribution in [-0.4, -0.2) is 14.8 Å². The van der Waals surface area contributed by atoms with Gasteiger partial charge in [0.25, 0.3) is 0 Å². The quantitative estimate of drug-likeness (QED) is 0.762. The first-order valence-corrected chi connectivity index (χ1v) is 7.37. The normalized spacial score (nSPS) is 10.7. The molecule has 116 valence electrons. The van der Waals surface area contributed by atoms with Gasteiger partial charge < -0.3 is 9.63 Å². The number of rotatable bonds is 2. The maximum atomic E-state index is 9.60. The van der Waals surface area contributed by atoms with Gasteiger partial charge in [-0.1, -0.05) is 16.8 Å². The van der Waals surface area contributed by atoms with Gasteiger partial charge >= 0.3 is 0 Å². The minimum atomic E-state index is 0.160. The third kappa shape index (κ3) is 2.28. The smallest absolute Gasteiger partial charge is 0.143 e. The number of nitriles is 1. The zero-order valence-electron chi connectivity index (χ0n) is 12.9. The Labute approximate surface area is 138 Å². The molecule has 0 saturated heterocycles. The molecule has 0 radical (unpaired) electrons. The van der Waals surface area contributed by atoms with Crippen molar-refractivity contribution in [3.05, 3.63) is 52.0 Å². The summed E-state index contributed by atoms with van der Waals surface area (Å²) in [4.78, 5) is 0. The summed E-state index contributed by atoms with van der Waals surface area (Å²) in [6.07, 6.45) is 0. The summed E-state index contributed by atoms with van der Waals surface area (Å²) < 4.78 is 7.03. The number of hydrogen-bond donors (Lipinski definition) is 1. The molecule has 6 heteroatoms. The van der Waals surface area contributed by atoms with E-state index in [-0.39, 0.29) is 5.75 Å². The van der Waals surface area contributed by atoms with Crippen molar-refractivity contribution in [2.45, 2.75) is 20.8 Å². The first kappa shape index (κ1) is 15.2. The Morgan fingerprint density at radius 3 is 2.39 bits per heavy atom. The fourth-order valence-corrected chi connectivity index (χ4v) is 2.97. The second-order valence-electron chi connectivity index (χ2n) is 5.30. The minimum absolute atomic E-state index is 0.160. The van der Waals surface area contributed by atoms with Crippen LogP contribution in [0.2, 0.25) is 5.15 Å². The van der Waals surface area contributed by atoms with Crippen molar-refractivity contribution in [3.63, 3.8) is 0 Å². The van der Waals surface area contributed by atoms with Crippen molar-refractivity contribution in [3.8, 4) is 28.8 Å². The minimum Gasteiger partial charge on any atom is -0.508 e. The van der Waals surface area contributed by atoms with E-state index in [9.17, 15) is 10.4 Å². The Bertz CT molecular complexity index is 911. The third-order valence-corrected chi connectivity index (χ3v) is 4.28. The molecule has 1 aromatic carbocycles. The Kier molecular flexibility index (Phi) is 3.63. The number of nitrogens with zero attached hydrogens (tertiary/aromatic N) is 3. The van der Waals surface area contributed by atoms with Gasteiger partial charge in [0.05, 0.1) is 22.5 Å². The van der Waals surface area contributed by atoms with Crippen LogP contribution in [0.4, 0.5) is 0 Å². The van der Waals surface area contributed by atoms with Crippen LogP contribution in [0, 0.1) is 32.1 Å².